The number of carbonyl (C=O) groups is 1. The molecule has 0 radical (unpaired) electrons. The van der Waals surface area contributed by atoms with Crippen LogP contribution in [-0.4, -0.2) is 38.4 Å². The van der Waals surface area contributed by atoms with Crippen LogP contribution >= 0.6 is 0 Å². The monoisotopic (exact) mass is 288 g/mol. The molecule has 1 fully saturated rings. The highest BCUT2D eigenvalue weighted by molar-refractivity contribution is 5.89. The molecule has 21 heavy (non-hydrogen) atoms. The summed E-state index contributed by atoms with van der Waals surface area (Å²) in [6.45, 7) is 2.04. The predicted molar refractivity (Wildman–Crippen MR) is 80.0 cm³/mol. The Morgan fingerprint density at radius 1 is 1.48 bits per heavy atom. The van der Waals surface area contributed by atoms with Crippen molar-refractivity contribution in [2.24, 2.45) is 0 Å². The van der Waals surface area contributed by atoms with Crippen molar-refractivity contribution in [1.29, 1.82) is 5.26 Å². The Labute approximate surface area is 124 Å². The lowest BCUT2D eigenvalue weighted by Gasteiger charge is -2.28. The molecule has 1 aliphatic heterocycles. The number of nitrogens with one attached hydrogen (secondary N) is 3. The van der Waals surface area contributed by atoms with Gasteiger partial charge in [0.1, 0.15) is 0 Å². The molecule has 1 aromatic carbocycles. The predicted octanol–water partition coefficient (Wildman–Crippen LogP) is 1.45. The third-order valence-corrected chi connectivity index (χ3v) is 3.61. The Balaban J connectivity index is 1.85. The zero-order chi connectivity index (χ0) is 15.1. The topological polar surface area (TPSA) is 86.2 Å². The minimum Gasteiger partial charge on any atom is -0.383 e. The minimum absolute atomic E-state index is 0.170. The lowest BCUT2D eigenvalue weighted by atomic mass is 9.99. The second-order valence-electron chi connectivity index (χ2n) is 5.24. The highest BCUT2D eigenvalue weighted by atomic mass is 16.5. The van der Waals surface area contributed by atoms with Gasteiger partial charge in [0, 0.05) is 19.3 Å². The molecule has 112 valence electrons. The van der Waals surface area contributed by atoms with E-state index in [9.17, 15) is 4.79 Å². The number of methoxy groups -OCH3 is 1. The van der Waals surface area contributed by atoms with Crippen molar-refractivity contribution in [2.45, 2.75) is 18.4 Å². The number of carbonyl (C=O) groups excluding carboxylic acids is 1. The van der Waals surface area contributed by atoms with Crippen molar-refractivity contribution in [3.05, 3.63) is 29.8 Å². The van der Waals surface area contributed by atoms with Crippen molar-refractivity contribution >= 4 is 11.7 Å². The van der Waals surface area contributed by atoms with Gasteiger partial charge in [-0.2, -0.15) is 5.26 Å². The normalized spacial score (nSPS) is 20.8. The lowest BCUT2D eigenvalue weighted by Crippen LogP contribution is -2.53. The first-order valence-electron chi connectivity index (χ1n) is 6.96. The molecular weight excluding hydrogens is 268 g/mol. The maximum absolute atomic E-state index is 11.9. The van der Waals surface area contributed by atoms with Gasteiger partial charge in [-0.25, -0.2) is 4.79 Å². The SMILES string of the molecule is COCC1(CNC(=O)Nc2ccc(C#N)cc2)CCCN1. The Bertz CT molecular complexity index is 515. The standard InChI is InChI=1S/C15H20N4O2/c1-21-11-15(7-2-8-18-15)10-17-14(20)19-13-5-3-12(9-16)4-6-13/h3-6,18H,2,7-8,10-11H2,1H3,(H2,17,19,20). The van der Waals surface area contributed by atoms with Crippen LogP contribution in [0, 0.1) is 11.3 Å². The van der Waals surface area contributed by atoms with Crippen LogP contribution in [-0.2, 0) is 4.74 Å². The Kier molecular flexibility index (Phi) is 5.14. The van der Waals surface area contributed by atoms with E-state index in [4.69, 9.17) is 10.00 Å². The van der Waals surface area contributed by atoms with E-state index in [1.807, 2.05) is 6.07 Å². The molecule has 6 heteroatoms. The summed E-state index contributed by atoms with van der Waals surface area (Å²) in [5, 5.41) is 17.7. The van der Waals surface area contributed by atoms with E-state index in [0.29, 0.717) is 24.4 Å². The number of urea groups is 1. The van der Waals surface area contributed by atoms with Gasteiger partial charge in [0.25, 0.3) is 0 Å². The van der Waals surface area contributed by atoms with Gasteiger partial charge in [-0.05, 0) is 43.7 Å². The molecule has 0 aliphatic carbocycles. The first kappa shape index (κ1) is 15.3. The zero-order valence-corrected chi connectivity index (χ0v) is 12.1. The lowest BCUT2D eigenvalue weighted by molar-refractivity contribution is 0.120. The van der Waals surface area contributed by atoms with E-state index >= 15 is 0 Å². The molecule has 0 spiro atoms. The second-order valence-corrected chi connectivity index (χ2v) is 5.24. The van der Waals surface area contributed by atoms with Gasteiger partial charge in [-0.15, -0.1) is 0 Å². The number of anilines is 1. The Morgan fingerprint density at radius 2 is 2.24 bits per heavy atom. The fourth-order valence-corrected chi connectivity index (χ4v) is 2.52. The van der Waals surface area contributed by atoms with Crippen LogP contribution in [0.4, 0.5) is 10.5 Å². The molecular formula is C15H20N4O2. The summed E-state index contributed by atoms with van der Waals surface area (Å²) in [5.41, 5.74) is 1.05. The average Bonchev–Trinajstić information content (AvgIpc) is 2.95. The van der Waals surface area contributed by atoms with Gasteiger partial charge in [0.05, 0.1) is 23.8 Å². The van der Waals surface area contributed by atoms with Crippen molar-refractivity contribution in [3.8, 4) is 6.07 Å². The number of hydrogen-bond acceptors (Lipinski definition) is 4. The van der Waals surface area contributed by atoms with E-state index in [-0.39, 0.29) is 11.6 Å². The van der Waals surface area contributed by atoms with Gasteiger partial charge in [0.2, 0.25) is 0 Å². The average molecular weight is 288 g/mol. The molecule has 0 saturated carbocycles. The molecule has 2 amide bonds. The van der Waals surface area contributed by atoms with E-state index in [1.165, 1.54) is 0 Å². The van der Waals surface area contributed by atoms with E-state index < -0.39 is 0 Å². The smallest absolute Gasteiger partial charge is 0.319 e. The second kappa shape index (κ2) is 7.07. The molecule has 3 N–H and O–H groups in total. The van der Waals surface area contributed by atoms with Crippen LogP contribution in [0.5, 0.6) is 0 Å². The van der Waals surface area contributed by atoms with Crippen molar-refractivity contribution in [2.75, 3.05) is 32.1 Å². The minimum atomic E-state index is -0.260. The van der Waals surface area contributed by atoms with Gasteiger partial charge in [0.15, 0.2) is 0 Å². The van der Waals surface area contributed by atoms with Gasteiger partial charge in [-0.1, -0.05) is 0 Å². The highest BCUT2D eigenvalue weighted by Gasteiger charge is 2.33. The highest BCUT2D eigenvalue weighted by Crippen LogP contribution is 2.18. The van der Waals surface area contributed by atoms with E-state index in [2.05, 4.69) is 16.0 Å². The van der Waals surface area contributed by atoms with Crippen molar-refractivity contribution < 1.29 is 9.53 Å². The van der Waals surface area contributed by atoms with Crippen LogP contribution in [0.25, 0.3) is 0 Å². The number of rotatable bonds is 5. The van der Waals surface area contributed by atoms with Crippen LogP contribution in [0.15, 0.2) is 24.3 Å². The Morgan fingerprint density at radius 3 is 2.81 bits per heavy atom. The van der Waals surface area contributed by atoms with E-state index in [1.54, 1.807) is 31.4 Å². The molecule has 1 aromatic rings. The number of ether oxygens (including phenoxy) is 1. The third kappa shape index (κ3) is 4.18. The van der Waals surface area contributed by atoms with Crippen LogP contribution in [0.1, 0.15) is 18.4 Å². The van der Waals surface area contributed by atoms with Crippen molar-refractivity contribution in [1.82, 2.24) is 10.6 Å². The third-order valence-electron chi connectivity index (χ3n) is 3.61. The molecule has 0 aromatic heterocycles. The number of hydrogen-bond donors (Lipinski definition) is 3. The summed E-state index contributed by atoms with van der Waals surface area (Å²) >= 11 is 0. The van der Waals surface area contributed by atoms with Crippen LogP contribution in [0.2, 0.25) is 0 Å². The molecule has 6 nitrogen and oxygen atoms in total. The first-order valence-corrected chi connectivity index (χ1v) is 6.96. The fourth-order valence-electron chi connectivity index (χ4n) is 2.52. The number of nitriles is 1. The summed E-state index contributed by atoms with van der Waals surface area (Å²) in [5.74, 6) is 0. The molecule has 2 rings (SSSR count). The van der Waals surface area contributed by atoms with Gasteiger partial charge in [-0.3, -0.25) is 0 Å². The molecule has 0 bridgehead atoms. The molecule has 1 atom stereocenters. The summed E-state index contributed by atoms with van der Waals surface area (Å²) in [4.78, 5) is 11.9. The van der Waals surface area contributed by atoms with Crippen LogP contribution in [0.3, 0.4) is 0 Å². The van der Waals surface area contributed by atoms with E-state index in [0.717, 1.165) is 19.4 Å². The maximum atomic E-state index is 11.9. The number of nitrogens with zero attached hydrogens (tertiary/aromatic N) is 1. The molecule has 1 heterocycles. The number of benzene rings is 1. The number of amides is 2. The van der Waals surface area contributed by atoms with Crippen LogP contribution < -0.4 is 16.0 Å². The molecule has 1 saturated heterocycles. The molecule has 1 aliphatic rings. The van der Waals surface area contributed by atoms with Gasteiger partial charge >= 0.3 is 6.03 Å². The molecule has 1 unspecified atom stereocenters. The zero-order valence-electron chi connectivity index (χ0n) is 12.1. The Hall–Kier alpha value is -2.10. The fraction of sp³-hybridized carbons (Fsp3) is 0.467. The maximum Gasteiger partial charge on any atom is 0.319 e. The van der Waals surface area contributed by atoms with Crippen molar-refractivity contribution in [3.63, 3.8) is 0 Å². The first-order chi connectivity index (χ1) is 10.2. The summed E-state index contributed by atoms with van der Waals surface area (Å²) in [6.07, 6.45) is 2.07. The summed E-state index contributed by atoms with van der Waals surface area (Å²) in [6, 6.07) is 8.52. The van der Waals surface area contributed by atoms with Gasteiger partial charge < -0.3 is 20.7 Å². The quantitative estimate of drug-likeness (QED) is 0.765. The summed E-state index contributed by atoms with van der Waals surface area (Å²) < 4.78 is 5.24. The largest absolute Gasteiger partial charge is 0.383 e. The summed E-state index contributed by atoms with van der Waals surface area (Å²) in [7, 11) is 1.67.